The van der Waals surface area contributed by atoms with Crippen molar-refractivity contribution in [1.82, 2.24) is 0 Å². The lowest BCUT2D eigenvalue weighted by Crippen LogP contribution is -2.28. The van der Waals surface area contributed by atoms with Gasteiger partial charge in [0.2, 0.25) is 0 Å². The van der Waals surface area contributed by atoms with E-state index in [1.165, 1.54) is 0 Å². The van der Waals surface area contributed by atoms with E-state index in [2.05, 4.69) is 0 Å². The third kappa shape index (κ3) is 2.00. The summed E-state index contributed by atoms with van der Waals surface area (Å²) in [6, 6.07) is 7.51. The molecule has 1 aliphatic heterocycles. The quantitative estimate of drug-likeness (QED) is 0.755. The minimum Gasteiger partial charge on any atom is -0.512 e. The largest absolute Gasteiger partial charge is 0.512 e. The van der Waals surface area contributed by atoms with E-state index in [1.807, 2.05) is 44.3 Å². The number of carbonyl (C=O) groups excluding carboxylic acids is 1. The van der Waals surface area contributed by atoms with Crippen molar-refractivity contribution < 1.29 is 14.0 Å². The third-order valence-corrected chi connectivity index (χ3v) is 5.96. The molecule has 0 radical (unpaired) electrons. The number of carbonyl (C=O) groups is 1. The van der Waals surface area contributed by atoms with Crippen LogP contribution >= 0.6 is 0 Å². The van der Waals surface area contributed by atoms with Crippen molar-refractivity contribution in [3.05, 3.63) is 35.0 Å². The molecule has 4 heteroatoms. The molecule has 0 unspecified atom stereocenters. The summed E-state index contributed by atoms with van der Waals surface area (Å²) in [5, 5.41) is 1.10. The Morgan fingerprint density at radius 1 is 1.18 bits per heavy atom. The van der Waals surface area contributed by atoms with Gasteiger partial charge in [-0.15, -0.1) is 0 Å². The molecule has 0 fully saturated rings. The zero-order chi connectivity index (χ0) is 12.6. The summed E-state index contributed by atoms with van der Waals surface area (Å²) in [6.45, 7) is 6.07. The highest BCUT2D eigenvalue weighted by Gasteiger charge is 2.40. The summed E-state index contributed by atoms with van der Waals surface area (Å²) in [5.41, 5.74) is 1.63. The maximum absolute atomic E-state index is 11.9. The molecule has 1 heterocycles. The molecule has 90 valence electrons. The van der Waals surface area contributed by atoms with Crippen molar-refractivity contribution >= 4 is 19.9 Å². The molecule has 17 heavy (non-hydrogen) atoms. The van der Waals surface area contributed by atoms with E-state index in [9.17, 15) is 4.79 Å². The lowest BCUT2D eigenvalue weighted by atomic mass is 10.1. The second-order valence-electron chi connectivity index (χ2n) is 4.63. The lowest BCUT2D eigenvalue weighted by Gasteiger charge is -2.14. The molecule has 1 aromatic carbocycles. The van der Waals surface area contributed by atoms with Gasteiger partial charge in [0.15, 0.2) is 0 Å². The van der Waals surface area contributed by atoms with Crippen LogP contribution in [0.4, 0.5) is 0 Å². The topological polar surface area (TPSA) is 35.5 Å². The number of benzene rings is 1. The molecule has 3 nitrogen and oxygen atoms in total. The summed E-state index contributed by atoms with van der Waals surface area (Å²) in [7, 11) is -0.351. The van der Waals surface area contributed by atoms with Crippen molar-refractivity contribution in [2.45, 2.75) is 20.0 Å². The Hall–Kier alpha value is -1.55. The smallest absolute Gasteiger partial charge is 0.325 e. The summed E-state index contributed by atoms with van der Waals surface area (Å²) in [5.74, 6) is 0.596. The number of ether oxygens (including phenoxy) is 1. The fraction of sp³-hybridized carbons (Fsp3) is 0.308. The zero-order valence-electron chi connectivity index (χ0n) is 10.5. The van der Waals surface area contributed by atoms with Crippen molar-refractivity contribution in [2.75, 3.05) is 7.11 Å². The van der Waals surface area contributed by atoms with Crippen molar-refractivity contribution in [3.63, 3.8) is 0 Å². The SMILES string of the molecule is COc1ccc(C2=C(C)[Si](C)(C)OC2=O)cc1. The van der Waals surface area contributed by atoms with Gasteiger partial charge in [0, 0.05) is 0 Å². The van der Waals surface area contributed by atoms with Crippen LogP contribution in [0.15, 0.2) is 29.5 Å². The minimum atomic E-state index is -1.98. The van der Waals surface area contributed by atoms with Crippen LogP contribution in [-0.2, 0) is 9.22 Å². The first-order chi connectivity index (χ1) is 7.95. The first-order valence-corrected chi connectivity index (χ1v) is 8.45. The van der Waals surface area contributed by atoms with Gasteiger partial charge < -0.3 is 9.16 Å². The number of hydrogen-bond donors (Lipinski definition) is 0. The molecule has 1 aliphatic rings. The zero-order valence-corrected chi connectivity index (χ0v) is 11.5. The van der Waals surface area contributed by atoms with Gasteiger partial charge in [-0.2, -0.15) is 0 Å². The molecule has 0 spiro atoms. The van der Waals surface area contributed by atoms with E-state index in [4.69, 9.17) is 9.16 Å². The second kappa shape index (κ2) is 4.03. The molecule has 0 atom stereocenters. The number of allylic oxidation sites excluding steroid dienone is 1. The average molecular weight is 248 g/mol. The van der Waals surface area contributed by atoms with Gasteiger partial charge in [0.25, 0.3) is 8.32 Å². The first-order valence-electron chi connectivity index (χ1n) is 5.55. The van der Waals surface area contributed by atoms with Gasteiger partial charge in [-0.25, -0.2) is 4.79 Å². The highest BCUT2D eigenvalue weighted by Crippen LogP contribution is 2.34. The van der Waals surface area contributed by atoms with E-state index >= 15 is 0 Å². The average Bonchev–Trinajstić information content (AvgIpc) is 2.49. The Morgan fingerprint density at radius 2 is 1.76 bits per heavy atom. The normalized spacial score (nSPS) is 18.2. The lowest BCUT2D eigenvalue weighted by molar-refractivity contribution is -0.127. The van der Waals surface area contributed by atoms with Crippen LogP contribution in [0.3, 0.4) is 0 Å². The molecule has 0 aliphatic carbocycles. The van der Waals surface area contributed by atoms with Crippen LogP contribution < -0.4 is 4.74 Å². The van der Waals surface area contributed by atoms with E-state index in [1.54, 1.807) is 7.11 Å². The molecule has 0 amide bonds. The maximum Gasteiger partial charge on any atom is 0.325 e. The van der Waals surface area contributed by atoms with E-state index < -0.39 is 8.32 Å². The van der Waals surface area contributed by atoms with Crippen molar-refractivity contribution in [3.8, 4) is 5.75 Å². The monoisotopic (exact) mass is 248 g/mol. The van der Waals surface area contributed by atoms with Gasteiger partial charge in [-0.05, 0) is 42.9 Å². The number of hydrogen-bond acceptors (Lipinski definition) is 3. The Morgan fingerprint density at radius 3 is 2.18 bits per heavy atom. The molecule has 0 aromatic heterocycles. The van der Waals surface area contributed by atoms with Crippen molar-refractivity contribution in [1.29, 1.82) is 0 Å². The van der Waals surface area contributed by atoms with Gasteiger partial charge in [-0.3, -0.25) is 0 Å². The van der Waals surface area contributed by atoms with E-state index in [0.717, 1.165) is 22.1 Å². The molecule has 0 bridgehead atoms. The Bertz CT molecular complexity index is 486. The van der Waals surface area contributed by atoms with Gasteiger partial charge >= 0.3 is 5.97 Å². The van der Waals surface area contributed by atoms with E-state index in [-0.39, 0.29) is 5.97 Å². The standard InChI is InChI=1S/C13H16O3Si/c1-9-12(13(14)16-17(9,3)4)10-5-7-11(15-2)8-6-10/h5-8H,1-4H3. The highest BCUT2D eigenvalue weighted by atomic mass is 28.4. The van der Waals surface area contributed by atoms with Gasteiger partial charge in [0.05, 0.1) is 12.7 Å². The molecular weight excluding hydrogens is 232 g/mol. The second-order valence-corrected chi connectivity index (χ2v) is 8.60. The fourth-order valence-corrected chi connectivity index (χ4v) is 3.47. The van der Waals surface area contributed by atoms with Crippen LogP contribution in [0, 0.1) is 0 Å². The van der Waals surface area contributed by atoms with Gasteiger partial charge in [0.1, 0.15) is 5.75 Å². The Balaban J connectivity index is 2.45. The Labute approximate surface area is 102 Å². The van der Waals surface area contributed by atoms with Crippen LogP contribution in [0.5, 0.6) is 5.75 Å². The number of rotatable bonds is 2. The molecule has 0 saturated carbocycles. The third-order valence-electron chi connectivity index (χ3n) is 3.21. The van der Waals surface area contributed by atoms with Crippen LogP contribution in [-0.4, -0.2) is 21.4 Å². The van der Waals surface area contributed by atoms with Crippen LogP contribution in [0.1, 0.15) is 12.5 Å². The van der Waals surface area contributed by atoms with Crippen LogP contribution in [0.25, 0.3) is 5.57 Å². The van der Waals surface area contributed by atoms with E-state index in [0.29, 0.717) is 0 Å². The highest BCUT2D eigenvalue weighted by molar-refractivity contribution is 6.84. The molecule has 0 saturated heterocycles. The summed E-state index contributed by atoms with van der Waals surface area (Å²) in [4.78, 5) is 11.9. The predicted molar refractivity (Wildman–Crippen MR) is 69.2 cm³/mol. The molecular formula is C13H16O3Si. The summed E-state index contributed by atoms with van der Waals surface area (Å²) < 4.78 is 10.6. The maximum atomic E-state index is 11.9. The summed E-state index contributed by atoms with van der Waals surface area (Å²) in [6.07, 6.45) is 0. The summed E-state index contributed by atoms with van der Waals surface area (Å²) >= 11 is 0. The van der Waals surface area contributed by atoms with Crippen LogP contribution in [0.2, 0.25) is 13.1 Å². The van der Waals surface area contributed by atoms with Crippen molar-refractivity contribution in [2.24, 2.45) is 0 Å². The minimum absolute atomic E-state index is 0.190. The Kier molecular flexibility index (Phi) is 2.83. The fourth-order valence-electron chi connectivity index (χ4n) is 1.91. The molecule has 0 N–H and O–H groups in total. The van der Waals surface area contributed by atoms with Gasteiger partial charge in [-0.1, -0.05) is 12.1 Å². The number of methoxy groups -OCH3 is 1. The molecule has 1 aromatic rings. The predicted octanol–water partition coefficient (Wildman–Crippen LogP) is 2.77. The molecule has 2 rings (SSSR count). The first kappa shape index (κ1) is 11.9.